The van der Waals surface area contributed by atoms with Crippen molar-refractivity contribution >= 4 is 28.9 Å². The second-order valence-corrected chi connectivity index (χ2v) is 10.1. The van der Waals surface area contributed by atoms with E-state index in [1.807, 2.05) is 42.5 Å². The first-order valence-corrected chi connectivity index (χ1v) is 13.5. The van der Waals surface area contributed by atoms with Crippen LogP contribution >= 0.6 is 0 Å². The average Bonchev–Trinajstić information content (AvgIpc) is 3.59. The van der Waals surface area contributed by atoms with Crippen LogP contribution in [0.3, 0.4) is 0 Å². The predicted octanol–water partition coefficient (Wildman–Crippen LogP) is 6.74. The smallest absolute Gasteiger partial charge is 0.343 e. The second-order valence-electron chi connectivity index (χ2n) is 10.1. The number of amides is 1. The summed E-state index contributed by atoms with van der Waals surface area (Å²) in [6.45, 7) is 4.78. The van der Waals surface area contributed by atoms with Gasteiger partial charge < -0.3 is 18.3 Å². The topological polar surface area (TPSA) is 95.0 Å². The van der Waals surface area contributed by atoms with Gasteiger partial charge in [0, 0.05) is 42.5 Å². The van der Waals surface area contributed by atoms with Crippen LogP contribution in [0.15, 0.2) is 63.6 Å². The third-order valence-corrected chi connectivity index (χ3v) is 7.34. The van der Waals surface area contributed by atoms with Crippen LogP contribution < -0.4 is 4.90 Å². The van der Waals surface area contributed by atoms with Crippen LogP contribution in [0.1, 0.15) is 49.9 Å². The Kier molecular flexibility index (Phi) is 8.12. The highest BCUT2D eigenvalue weighted by Crippen LogP contribution is 2.37. The Bertz CT molecular complexity index is 1400. The van der Waals surface area contributed by atoms with Crippen molar-refractivity contribution in [2.75, 3.05) is 31.8 Å². The highest BCUT2D eigenvalue weighted by molar-refractivity contribution is 6.02. The van der Waals surface area contributed by atoms with E-state index in [4.69, 9.17) is 18.3 Å². The Hall–Kier alpha value is -3.91. The summed E-state index contributed by atoms with van der Waals surface area (Å²) in [5.74, 6) is 1.32. The van der Waals surface area contributed by atoms with Gasteiger partial charge in [-0.1, -0.05) is 31.2 Å². The van der Waals surface area contributed by atoms with Crippen molar-refractivity contribution in [3.05, 3.63) is 60.3 Å². The number of esters is 1. The summed E-state index contributed by atoms with van der Waals surface area (Å²) >= 11 is 0. The maximum absolute atomic E-state index is 13.7. The number of anilines is 1. The summed E-state index contributed by atoms with van der Waals surface area (Å²) < 4.78 is 22.8. The van der Waals surface area contributed by atoms with Crippen LogP contribution in [0.5, 0.6) is 0 Å². The molecule has 1 aliphatic rings. The molecule has 0 radical (unpaired) electrons. The Morgan fingerprint density at radius 3 is 2.33 bits per heavy atom. The van der Waals surface area contributed by atoms with Gasteiger partial charge in [-0.05, 0) is 50.7 Å². The quantitative estimate of drug-likeness (QED) is 0.221. The highest BCUT2D eigenvalue weighted by Gasteiger charge is 2.33. The van der Waals surface area contributed by atoms with Gasteiger partial charge in [0.1, 0.15) is 22.6 Å². The van der Waals surface area contributed by atoms with Gasteiger partial charge in [-0.3, -0.25) is 14.7 Å². The largest absolute Gasteiger partial charge is 0.462 e. The Morgan fingerprint density at radius 2 is 1.69 bits per heavy atom. The number of nitrogens with zero attached hydrogens (tertiary/aromatic N) is 2. The molecule has 5 rings (SSSR count). The van der Waals surface area contributed by atoms with Crippen LogP contribution in [-0.4, -0.2) is 43.7 Å². The van der Waals surface area contributed by atoms with Crippen molar-refractivity contribution in [3.63, 3.8) is 0 Å². The number of rotatable bonds is 9. The van der Waals surface area contributed by atoms with E-state index in [-0.39, 0.29) is 36.4 Å². The molecule has 204 valence electrons. The van der Waals surface area contributed by atoms with Gasteiger partial charge in [0.05, 0.1) is 19.8 Å². The molecule has 1 aromatic carbocycles. The third-order valence-electron chi connectivity index (χ3n) is 7.34. The minimum Gasteiger partial charge on any atom is -0.462 e. The highest BCUT2D eigenvalue weighted by atomic mass is 16.5. The van der Waals surface area contributed by atoms with Crippen LogP contribution in [0, 0.1) is 11.8 Å². The van der Waals surface area contributed by atoms with Gasteiger partial charge >= 0.3 is 5.97 Å². The Morgan fingerprint density at radius 1 is 1.00 bits per heavy atom. The standard InChI is InChI=1S/C31H34N2O6/c1-4-37-31(35)24-18-27(21-11-13-22(14-12-21)28-19-25-26(38-28)6-5-15-32-25)39-30(24)33(16-17-36-3)29(34)23-9-7-20(2)8-10-23/h5-6,11-15,18-20,23H,4,7-10,16-17H2,1-3H3/t20-,23-. The normalized spacial score (nSPS) is 17.3. The first-order valence-electron chi connectivity index (χ1n) is 13.5. The van der Waals surface area contributed by atoms with Gasteiger partial charge in [0.15, 0.2) is 5.58 Å². The molecule has 0 atom stereocenters. The Labute approximate surface area is 227 Å². The van der Waals surface area contributed by atoms with Crippen LogP contribution in [-0.2, 0) is 14.3 Å². The fourth-order valence-corrected chi connectivity index (χ4v) is 5.11. The lowest BCUT2D eigenvalue weighted by Crippen LogP contribution is -2.40. The zero-order chi connectivity index (χ0) is 27.4. The van der Waals surface area contributed by atoms with Gasteiger partial charge in [0.2, 0.25) is 11.8 Å². The summed E-state index contributed by atoms with van der Waals surface area (Å²) in [5.41, 5.74) is 3.39. The van der Waals surface area contributed by atoms with Crippen molar-refractivity contribution in [3.8, 4) is 22.6 Å². The second kappa shape index (κ2) is 11.9. The molecule has 0 bridgehead atoms. The molecule has 0 saturated heterocycles. The van der Waals surface area contributed by atoms with Crippen LogP contribution in [0.2, 0.25) is 0 Å². The fourth-order valence-electron chi connectivity index (χ4n) is 5.11. The van der Waals surface area contributed by atoms with E-state index in [1.165, 1.54) is 0 Å². The zero-order valence-electron chi connectivity index (χ0n) is 22.6. The van der Waals surface area contributed by atoms with Gasteiger partial charge in [-0.25, -0.2) is 4.79 Å². The molecule has 0 aliphatic heterocycles. The predicted molar refractivity (Wildman–Crippen MR) is 148 cm³/mol. The van der Waals surface area contributed by atoms with E-state index >= 15 is 0 Å². The molecule has 3 heterocycles. The average molecular weight is 531 g/mol. The minimum absolute atomic E-state index is 0.0424. The van der Waals surface area contributed by atoms with Crippen molar-refractivity contribution in [1.29, 1.82) is 0 Å². The molecule has 0 N–H and O–H groups in total. The lowest BCUT2D eigenvalue weighted by atomic mass is 9.82. The number of fused-ring (bicyclic) bond motifs is 1. The summed E-state index contributed by atoms with van der Waals surface area (Å²) in [7, 11) is 1.59. The summed E-state index contributed by atoms with van der Waals surface area (Å²) in [5, 5.41) is 0. The number of furan rings is 2. The molecule has 39 heavy (non-hydrogen) atoms. The van der Waals surface area contributed by atoms with E-state index in [1.54, 1.807) is 31.2 Å². The van der Waals surface area contributed by atoms with Gasteiger partial charge in [-0.2, -0.15) is 0 Å². The number of pyridine rings is 1. The number of carbonyl (C=O) groups excluding carboxylic acids is 2. The lowest BCUT2D eigenvalue weighted by molar-refractivity contribution is -0.123. The van der Waals surface area contributed by atoms with Crippen molar-refractivity contribution < 1.29 is 27.9 Å². The summed E-state index contributed by atoms with van der Waals surface area (Å²) in [6.07, 6.45) is 5.40. The third kappa shape index (κ3) is 5.76. The van der Waals surface area contributed by atoms with Gasteiger partial charge in [-0.15, -0.1) is 0 Å². The maximum atomic E-state index is 13.7. The summed E-state index contributed by atoms with van der Waals surface area (Å²) in [4.78, 5) is 32.6. The van der Waals surface area contributed by atoms with Gasteiger partial charge in [0.25, 0.3) is 0 Å². The summed E-state index contributed by atoms with van der Waals surface area (Å²) in [6, 6.07) is 14.9. The molecular weight excluding hydrogens is 496 g/mol. The molecule has 4 aromatic rings. The first-order chi connectivity index (χ1) is 19.0. The van der Waals surface area contributed by atoms with E-state index in [9.17, 15) is 9.59 Å². The molecule has 3 aromatic heterocycles. The SMILES string of the molecule is CCOC(=O)c1cc(-c2ccc(-c3cc4ncccc4o3)cc2)oc1N(CCOC)C(=O)[C@H]1CC[C@H](C)CC1. The molecule has 1 fully saturated rings. The molecular formula is C31H34N2O6. The number of methoxy groups -OCH3 is 1. The van der Waals surface area contributed by atoms with Crippen LogP contribution in [0.25, 0.3) is 33.7 Å². The number of aromatic nitrogens is 1. The monoisotopic (exact) mass is 530 g/mol. The molecule has 0 spiro atoms. The van der Waals surface area contributed by atoms with Crippen molar-refractivity contribution in [2.24, 2.45) is 11.8 Å². The fraction of sp³-hybridized carbons (Fsp3) is 0.387. The molecule has 8 nitrogen and oxygen atoms in total. The van der Waals surface area contributed by atoms with E-state index in [0.717, 1.165) is 47.9 Å². The van der Waals surface area contributed by atoms with Crippen molar-refractivity contribution in [2.45, 2.75) is 39.5 Å². The minimum atomic E-state index is -0.527. The number of carbonyl (C=O) groups is 2. The maximum Gasteiger partial charge on any atom is 0.343 e. The number of hydrogen-bond acceptors (Lipinski definition) is 7. The molecule has 1 saturated carbocycles. The number of benzene rings is 1. The van der Waals surface area contributed by atoms with Crippen LogP contribution in [0.4, 0.5) is 5.88 Å². The molecule has 1 aliphatic carbocycles. The van der Waals surface area contributed by atoms with E-state index in [2.05, 4.69) is 11.9 Å². The number of hydrogen-bond donors (Lipinski definition) is 0. The Balaban J connectivity index is 1.48. The molecule has 0 unspecified atom stereocenters. The lowest BCUT2D eigenvalue weighted by Gasteiger charge is -2.30. The number of ether oxygens (including phenoxy) is 2. The molecule has 8 heteroatoms. The zero-order valence-corrected chi connectivity index (χ0v) is 22.6. The molecule has 1 amide bonds. The van der Waals surface area contributed by atoms with E-state index in [0.29, 0.717) is 24.0 Å². The van der Waals surface area contributed by atoms with Crippen molar-refractivity contribution in [1.82, 2.24) is 4.98 Å². The first kappa shape index (κ1) is 26.7. The van der Waals surface area contributed by atoms with E-state index < -0.39 is 5.97 Å².